The lowest BCUT2D eigenvalue weighted by Gasteiger charge is -2.29. The van der Waals surface area contributed by atoms with Gasteiger partial charge in [-0.15, -0.1) is 11.3 Å². The van der Waals surface area contributed by atoms with Crippen molar-refractivity contribution in [2.45, 2.75) is 19.4 Å². The number of aliphatic hydroxyl groups excluding tert-OH is 1. The summed E-state index contributed by atoms with van der Waals surface area (Å²) in [6.07, 6.45) is 1.69. The molecule has 1 atom stereocenters. The maximum Gasteiger partial charge on any atom is 0.331 e. The van der Waals surface area contributed by atoms with Crippen LogP contribution in [0.15, 0.2) is 60.8 Å². The quantitative estimate of drug-likeness (QED) is 0.409. The largest absolute Gasteiger partial charge is 0.457 e. The minimum Gasteiger partial charge on any atom is -0.457 e. The molecule has 2 aliphatic heterocycles. The average molecular weight is 487 g/mol. The van der Waals surface area contributed by atoms with Gasteiger partial charge in [0.25, 0.3) is 5.91 Å². The van der Waals surface area contributed by atoms with Crippen molar-refractivity contribution >= 4 is 50.6 Å². The van der Waals surface area contributed by atoms with Crippen LogP contribution in [0.4, 0.5) is 21.9 Å². The molecule has 0 radical (unpaired) electrons. The number of carbonyl (C=O) groups is 2. The monoisotopic (exact) mass is 486 g/mol. The topological polar surface area (TPSA) is 95.0 Å². The number of hydrogen-bond donors (Lipinski definition) is 2. The maximum atomic E-state index is 13.4. The van der Waals surface area contributed by atoms with Crippen LogP contribution >= 0.6 is 11.3 Å². The third kappa shape index (κ3) is 3.69. The van der Waals surface area contributed by atoms with E-state index in [0.717, 1.165) is 16.7 Å². The van der Waals surface area contributed by atoms with Crippen molar-refractivity contribution in [2.24, 2.45) is 0 Å². The number of urea groups is 1. The van der Waals surface area contributed by atoms with Crippen molar-refractivity contribution < 1.29 is 19.4 Å². The second-order valence-corrected chi connectivity index (χ2v) is 9.64. The summed E-state index contributed by atoms with van der Waals surface area (Å²) in [7, 11) is 0. The molecule has 0 bridgehead atoms. The summed E-state index contributed by atoms with van der Waals surface area (Å²) < 4.78 is 5.94. The average Bonchev–Trinajstić information content (AvgIpc) is 3.45. The molecule has 0 aliphatic carbocycles. The molecule has 4 heterocycles. The van der Waals surface area contributed by atoms with Gasteiger partial charge in [0.15, 0.2) is 0 Å². The van der Waals surface area contributed by atoms with Crippen LogP contribution < -0.4 is 15.0 Å². The van der Waals surface area contributed by atoms with Crippen molar-refractivity contribution in [2.75, 3.05) is 23.3 Å². The molecule has 2 aliphatic rings. The van der Waals surface area contributed by atoms with E-state index in [1.165, 1.54) is 11.3 Å². The fourth-order valence-electron chi connectivity index (χ4n) is 4.61. The van der Waals surface area contributed by atoms with Gasteiger partial charge >= 0.3 is 6.03 Å². The van der Waals surface area contributed by atoms with E-state index in [4.69, 9.17) is 4.74 Å². The van der Waals surface area contributed by atoms with Crippen molar-refractivity contribution in [3.63, 3.8) is 0 Å². The normalized spacial score (nSPS) is 17.1. The first-order valence-electron chi connectivity index (χ1n) is 11.3. The number of aliphatic hydroxyl groups is 1. The number of hydrogen-bond acceptors (Lipinski definition) is 6. The highest BCUT2D eigenvalue weighted by molar-refractivity contribution is 7.21. The van der Waals surface area contributed by atoms with Crippen LogP contribution in [0, 0.1) is 6.92 Å². The number of aryl methyl sites for hydroxylation is 1. The number of carbonyl (C=O) groups excluding carboxylic acids is 2. The fraction of sp³-hybridized carbons (Fsp3) is 0.192. The molecule has 2 aromatic heterocycles. The summed E-state index contributed by atoms with van der Waals surface area (Å²) in [5, 5.41) is 13.5. The number of rotatable bonds is 4. The van der Waals surface area contributed by atoms with E-state index in [1.54, 1.807) is 22.1 Å². The van der Waals surface area contributed by atoms with Gasteiger partial charge in [-0.2, -0.15) is 0 Å². The Bertz CT molecular complexity index is 1470. The van der Waals surface area contributed by atoms with Gasteiger partial charge in [0.1, 0.15) is 21.2 Å². The third-order valence-electron chi connectivity index (χ3n) is 6.28. The number of amides is 3. The molecule has 6 rings (SSSR count). The molecule has 9 heteroatoms. The molecule has 2 N–H and O–H groups in total. The zero-order valence-corrected chi connectivity index (χ0v) is 19.7. The summed E-state index contributed by atoms with van der Waals surface area (Å²) in [6, 6.07) is 16.5. The number of anilines is 3. The number of pyridine rings is 1. The molecule has 35 heavy (non-hydrogen) atoms. The number of para-hydroxylation sites is 1. The minimum atomic E-state index is -0.514. The Morgan fingerprint density at radius 3 is 2.71 bits per heavy atom. The zero-order valence-electron chi connectivity index (χ0n) is 18.9. The number of β-amino-alcohol motifs (C(OH)–C–C–N with tert-alkyl or cyclic N) is 1. The number of nitrogens with zero attached hydrogens (tertiary/aromatic N) is 3. The van der Waals surface area contributed by atoms with E-state index in [0.29, 0.717) is 52.0 Å². The molecular weight excluding hydrogens is 464 g/mol. The summed E-state index contributed by atoms with van der Waals surface area (Å²) in [4.78, 5) is 35.4. The Kier molecular flexibility index (Phi) is 5.16. The van der Waals surface area contributed by atoms with Crippen LogP contribution in [0.1, 0.15) is 21.7 Å². The Balaban J connectivity index is 1.38. The first-order valence-corrected chi connectivity index (χ1v) is 12.1. The number of likely N-dealkylation sites (tertiary alicyclic amines) is 1. The van der Waals surface area contributed by atoms with Gasteiger partial charge < -0.3 is 20.1 Å². The van der Waals surface area contributed by atoms with Crippen molar-refractivity contribution in [1.29, 1.82) is 0 Å². The fourth-order valence-corrected chi connectivity index (χ4v) is 5.70. The summed E-state index contributed by atoms with van der Waals surface area (Å²) in [5.74, 6) is 1.21. The molecule has 8 nitrogen and oxygen atoms in total. The van der Waals surface area contributed by atoms with Gasteiger partial charge in [-0.1, -0.05) is 18.2 Å². The molecule has 4 aromatic rings. The molecule has 3 amide bonds. The minimum absolute atomic E-state index is 0.196. The van der Waals surface area contributed by atoms with Crippen LogP contribution in [0.3, 0.4) is 0 Å². The summed E-state index contributed by atoms with van der Waals surface area (Å²) in [6.45, 7) is 2.71. The second-order valence-electron chi connectivity index (χ2n) is 8.64. The highest BCUT2D eigenvalue weighted by atomic mass is 32.1. The predicted molar refractivity (Wildman–Crippen MR) is 135 cm³/mol. The van der Waals surface area contributed by atoms with Crippen LogP contribution in [0.25, 0.3) is 10.2 Å². The van der Waals surface area contributed by atoms with Gasteiger partial charge in [-0.05, 0) is 55.3 Å². The van der Waals surface area contributed by atoms with Gasteiger partial charge in [-0.3, -0.25) is 9.69 Å². The number of nitrogens with one attached hydrogen (secondary N) is 1. The molecule has 0 unspecified atom stereocenters. The molecular formula is C26H22N4O4S. The maximum absolute atomic E-state index is 13.4. The summed E-state index contributed by atoms with van der Waals surface area (Å²) in [5.41, 5.74) is 2.73. The zero-order chi connectivity index (χ0) is 24.1. The van der Waals surface area contributed by atoms with Gasteiger partial charge in [-0.25, -0.2) is 9.78 Å². The lowest BCUT2D eigenvalue weighted by molar-refractivity contribution is 0.0770. The highest BCUT2D eigenvalue weighted by Crippen LogP contribution is 2.47. The van der Waals surface area contributed by atoms with Crippen LogP contribution in [-0.2, 0) is 0 Å². The van der Waals surface area contributed by atoms with E-state index in [2.05, 4.69) is 10.3 Å². The predicted octanol–water partition coefficient (Wildman–Crippen LogP) is 5.29. The lowest BCUT2D eigenvalue weighted by Crippen LogP contribution is -2.35. The number of thiophene rings is 1. The van der Waals surface area contributed by atoms with Crippen LogP contribution in [0.2, 0.25) is 0 Å². The SMILES string of the molecule is Cc1cc(Oc2ccccc2)ccc1N1C(=O)Nc2c(C(=O)N3CC[C@@H](O)C3)sc3nccc1c23. The van der Waals surface area contributed by atoms with Gasteiger partial charge in [0.05, 0.1) is 28.6 Å². The lowest BCUT2D eigenvalue weighted by atomic mass is 10.1. The van der Waals surface area contributed by atoms with E-state index in [-0.39, 0.29) is 11.9 Å². The summed E-state index contributed by atoms with van der Waals surface area (Å²) >= 11 is 1.26. The number of ether oxygens (including phenoxy) is 1. The van der Waals surface area contributed by atoms with E-state index >= 15 is 0 Å². The highest BCUT2D eigenvalue weighted by Gasteiger charge is 2.35. The van der Waals surface area contributed by atoms with Crippen molar-refractivity contribution in [1.82, 2.24) is 9.88 Å². The Morgan fingerprint density at radius 2 is 1.97 bits per heavy atom. The molecule has 1 fully saturated rings. The number of benzene rings is 2. The van der Waals surface area contributed by atoms with Crippen molar-refractivity contribution in [3.05, 3.63) is 71.2 Å². The number of aromatic nitrogens is 1. The molecule has 1 saturated heterocycles. The smallest absolute Gasteiger partial charge is 0.331 e. The van der Waals surface area contributed by atoms with E-state index in [9.17, 15) is 14.7 Å². The standard InChI is InChI=1S/C26H22N4O4S/c1-15-13-18(34-17-5-3-2-4-6-17)7-8-19(15)30-20-9-11-27-24-21(20)22(28-26(30)33)23(35-24)25(32)29-12-10-16(31)14-29/h2-9,11,13,16,31H,10,12,14H2,1H3,(H,28,33)/t16-/m1/s1. The molecule has 0 saturated carbocycles. The van der Waals surface area contributed by atoms with E-state index < -0.39 is 6.10 Å². The first kappa shape index (κ1) is 21.6. The van der Waals surface area contributed by atoms with Gasteiger partial charge in [0.2, 0.25) is 0 Å². The Morgan fingerprint density at radius 1 is 1.14 bits per heavy atom. The molecule has 176 valence electrons. The van der Waals surface area contributed by atoms with Crippen LogP contribution in [-0.4, -0.2) is 46.1 Å². The van der Waals surface area contributed by atoms with Crippen molar-refractivity contribution in [3.8, 4) is 11.5 Å². The Hall–Kier alpha value is -3.95. The first-order chi connectivity index (χ1) is 17.0. The molecule has 2 aromatic carbocycles. The molecule has 0 spiro atoms. The van der Waals surface area contributed by atoms with Gasteiger partial charge in [0, 0.05) is 19.3 Å². The Labute approximate surface area is 205 Å². The van der Waals surface area contributed by atoms with E-state index in [1.807, 2.05) is 55.5 Å². The van der Waals surface area contributed by atoms with Crippen LogP contribution in [0.5, 0.6) is 11.5 Å². The second kappa shape index (κ2) is 8.37. The third-order valence-corrected chi connectivity index (χ3v) is 7.36.